The van der Waals surface area contributed by atoms with Crippen molar-refractivity contribution in [3.8, 4) is 0 Å². The molecule has 1 nitrogen and oxygen atoms in total. The van der Waals surface area contributed by atoms with Crippen LogP contribution in [0.3, 0.4) is 0 Å². The number of rotatable bonds is 6. The molecule has 19 heavy (non-hydrogen) atoms. The molecule has 0 heterocycles. The SMILES string of the molecule is Cc1ccc(C(CNC(C)C)CC2CCCC2)cc1. The van der Waals surface area contributed by atoms with Gasteiger partial charge in [-0.05, 0) is 30.7 Å². The van der Waals surface area contributed by atoms with E-state index in [-0.39, 0.29) is 0 Å². The van der Waals surface area contributed by atoms with Gasteiger partial charge in [-0.25, -0.2) is 0 Å². The van der Waals surface area contributed by atoms with Crippen LogP contribution >= 0.6 is 0 Å². The van der Waals surface area contributed by atoms with Gasteiger partial charge in [0.1, 0.15) is 0 Å². The van der Waals surface area contributed by atoms with Gasteiger partial charge in [-0.3, -0.25) is 0 Å². The molecule has 1 heteroatoms. The third kappa shape index (κ3) is 4.65. The van der Waals surface area contributed by atoms with Crippen LogP contribution in [-0.2, 0) is 0 Å². The molecule has 1 aliphatic rings. The number of hydrogen-bond acceptors (Lipinski definition) is 1. The smallest absolute Gasteiger partial charge is 0.00226 e. The van der Waals surface area contributed by atoms with E-state index in [2.05, 4.69) is 50.4 Å². The standard InChI is InChI=1S/C18H29N/c1-14(2)19-13-18(12-16-6-4-5-7-16)17-10-8-15(3)9-11-17/h8-11,14,16,18-19H,4-7,12-13H2,1-3H3. The van der Waals surface area contributed by atoms with Crippen molar-refractivity contribution < 1.29 is 0 Å². The molecule has 1 N–H and O–H groups in total. The monoisotopic (exact) mass is 259 g/mol. The molecular weight excluding hydrogens is 230 g/mol. The minimum Gasteiger partial charge on any atom is -0.314 e. The summed E-state index contributed by atoms with van der Waals surface area (Å²) in [4.78, 5) is 0. The van der Waals surface area contributed by atoms with Crippen molar-refractivity contribution in [2.24, 2.45) is 5.92 Å². The molecule has 1 unspecified atom stereocenters. The Morgan fingerprint density at radius 2 is 1.74 bits per heavy atom. The van der Waals surface area contributed by atoms with Crippen LogP contribution in [0.2, 0.25) is 0 Å². The molecule has 0 aliphatic heterocycles. The van der Waals surface area contributed by atoms with Gasteiger partial charge in [0.2, 0.25) is 0 Å². The maximum absolute atomic E-state index is 3.63. The fourth-order valence-corrected chi connectivity index (χ4v) is 3.20. The van der Waals surface area contributed by atoms with E-state index >= 15 is 0 Å². The van der Waals surface area contributed by atoms with Crippen LogP contribution in [0.1, 0.15) is 63.0 Å². The Morgan fingerprint density at radius 1 is 1.11 bits per heavy atom. The van der Waals surface area contributed by atoms with Crippen molar-refractivity contribution >= 4 is 0 Å². The topological polar surface area (TPSA) is 12.0 Å². The van der Waals surface area contributed by atoms with Gasteiger partial charge in [-0.1, -0.05) is 69.4 Å². The Kier molecular flexibility index (Phi) is 5.45. The lowest BCUT2D eigenvalue weighted by molar-refractivity contribution is 0.416. The molecule has 0 saturated heterocycles. The molecule has 106 valence electrons. The van der Waals surface area contributed by atoms with Crippen LogP contribution in [0, 0.1) is 12.8 Å². The molecule has 1 fully saturated rings. The Balaban J connectivity index is 2.01. The highest BCUT2D eigenvalue weighted by Gasteiger charge is 2.21. The third-order valence-corrected chi connectivity index (χ3v) is 4.41. The average molecular weight is 259 g/mol. The molecule has 1 atom stereocenters. The third-order valence-electron chi connectivity index (χ3n) is 4.41. The Bertz CT molecular complexity index is 360. The molecule has 1 aromatic carbocycles. The molecule has 1 aliphatic carbocycles. The van der Waals surface area contributed by atoms with E-state index in [1.54, 1.807) is 0 Å². The summed E-state index contributed by atoms with van der Waals surface area (Å²) >= 11 is 0. The summed E-state index contributed by atoms with van der Waals surface area (Å²) in [6, 6.07) is 9.75. The normalized spacial score (nSPS) is 18.1. The summed E-state index contributed by atoms with van der Waals surface area (Å²) in [6.45, 7) is 7.77. The number of nitrogens with one attached hydrogen (secondary N) is 1. The van der Waals surface area contributed by atoms with E-state index in [4.69, 9.17) is 0 Å². The van der Waals surface area contributed by atoms with Crippen LogP contribution in [0.25, 0.3) is 0 Å². The van der Waals surface area contributed by atoms with E-state index in [9.17, 15) is 0 Å². The summed E-state index contributed by atoms with van der Waals surface area (Å²) in [5.74, 6) is 1.64. The lowest BCUT2D eigenvalue weighted by atomic mass is 9.87. The summed E-state index contributed by atoms with van der Waals surface area (Å²) in [7, 11) is 0. The summed E-state index contributed by atoms with van der Waals surface area (Å²) in [5.41, 5.74) is 2.88. The zero-order valence-corrected chi connectivity index (χ0v) is 12.8. The van der Waals surface area contributed by atoms with E-state index in [1.165, 1.54) is 43.2 Å². The molecule has 1 aromatic rings. The predicted octanol–water partition coefficient (Wildman–Crippen LogP) is 4.66. The van der Waals surface area contributed by atoms with E-state index in [1.807, 2.05) is 0 Å². The minimum atomic E-state index is 0.580. The maximum atomic E-state index is 3.63. The van der Waals surface area contributed by atoms with Gasteiger partial charge < -0.3 is 5.32 Å². The van der Waals surface area contributed by atoms with Crippen molar-refractivity contribution in [2.45, 2.75) is 64.8 Å². The second kappa shape index (κ2) is 7.09. The molecule has 0 spiro atoms. The van der Waals surface area contributed by atoms with Gasteiger partial charge in [0.15, 0.2) is 0 Å². The number of hydrogen-bond donors (Lipinski definition) is 1. The lowest BCUT2D eigenvalue weighted by Gasteiger charge is -2.23. The van der Waals surface area contributed by atoms with Crippen LogP contribution in [0.4, 0.5) is 0 Å². The zero-order valence-electron chi connectivity index (χ0n) is 12.8. The fourth-order valence-electron chi connectivity index (χ4n) is 3.20. The second-order valence-electron chi connectivity index (χ2n) is 6.56. The largest absolute Gasteiger partial charge is 0.314 e. The van der Waals surface area contributed by atoms with Crippen LogP contribution in [-0.4, -0.2) is 12.6 Å². The van der Waals surface area contributed by atoms with Gasteiger partial charge in [-0.15, -0.1) is 0 Å². The second-order valence-corrected chi connectivity index (χ2v) is 6.56. The van der Waals surface area contributed by atoms with Crippen molar-refractivity contribution in [3.05, 3.63) is 35.4 Å². The van der Waals surface area contributed by atoms with E-state index < -0.39 is 0 Å². The molecule has 0 radical (unpaired) electrons. The van der Waals surface area contributed by atoms with Gasteiger partial charge in [0, 0.05) is 12.6 Å². The predicted molar refractivity (Wildman–Crippen MR) is 83.6 cm³/mol. The fraction of sp³-hybridized carbons (Fsp3) is 0.667. The molecule has 0 aromatic heterocycles. The van der Waals surface area contributed by atoms with Crippen molar-refractivity contribution in [3.63, 3.8) is 0 Å². The first-order chi connectivity index (χ1) is 9.15. The van der Waals surface area contributed by atoms with E-state index in [0.717, 1.165) is 12.5 Å². The van der Waals surface area contributed by atoms with Gasteiger partial charge in [0.05, 0.1) is 0 Å². The molecule has 1 saturated carbocycles. The first-order valence-corrected chi connectivity index (χ1v) is 7.95. The highest BCUT2D eigenvalue weighted by Crippen LogP contribution is 2.34. The highest BCUT2D eigenvalue weighted by molar-refractivity contribution is 5.25. The van der Waals surface area contributed by atoms with Gasteiger partial charge in [0.25, 0.3) is 0 Å². The lowest BCUT2D eigenvalue weighted by Crippen LogP contribution is -2.28. The molecule has 2 rings (SSSR count). The van der Waals surface area contributed by atoms with Gasteiger partial charge in [-0.2, -0.15) is 0 Å². The quantitative estimate of drug-likeness (QED) is 0.783. The number of aryl methyl sites for hydroxylation is 1. The zero-order chi connectivity index (χ0) is 13.7. The maximum Gasteiger partial charge on any atom is 0.00226 e. The van der Waals surface area contributed by atoms with Crippen LogP contribution < -0.4 is 5.32 Å². The summed E-state index contributed by atoms with van der Waals surface area (Å²) in [6.07, 6.45) is 7.16. The van der Waals surface area contributed by atoms with Crippen molar-refractivity contribution in [2.75, 3.05) is 6.54 Å². The molecular formula is C18H29N. The highest BCUT2D eigenvalue weighted by atomic mass is 14.9. The van der Waals surface area contributed by atoms with Gasteiger partial charge >= 0.3 is 0 Å². The molecule has 0 bridgehead atoms. The average Bonchev–Trinajstić information content (AvgIpc) is 2.88. The number of benzene rings is 1. The first-order valence-electron chi connectivity index (χ1n) is 7.95. The Hall–Kier alpha value is -0.820. The summed E-state index contributed by atoms with van der Waals surface area (Å²) < 4.78 is 0. The van der Waals surface area contributed by atoms with Crippen LogP contribution in [0.5, 0.6) is 0 Å². The van der Waals surface area contributed by atoms with E-state index in [0.29, 0.717) is 12.0 Å². The van der Waals surface area contributed by atoms with Crippen molar-refractivity contribution in [1.82, 2.24) is 5.32 Å². The Morgan fingerprint density at radius 3 is 2.32 bits per heavy atom. The van der Waals surface area contributed by atoms with Crippen LogP contribution in [0.15, 0.2) is 24.3 Å². The summed E-state index contributed by atoms with van der Waals surface area (Å²) in [5, 5.41) is 3.63. The van der Waals surface area contributed by atoms with Crippen molar-refractivity contribution in [1.29, 1.82) is 0 Å². The molecule has 0 amide bonds. The Labute approximate surface area is 118 Å². The minimum absolute atomic E-state index is 0.580. The first kappa shape index (κ1) is 14.6.